The molecule has 0 spiro atoms. The van der Waals surface area contributed by atoms with Crippen LogP contribution in [0.3, 0.4) is 0 Å². The lowest BCUT2D eigenvalue weighted by molar-refractivity contribution is -0.152. The summed E-state index contributed by atoms with van der Waals surface area (Å²) in [4.78, 5) is 19.9. The van der Waals surface area contributed by atoms with Crippen molar-refractivity contribution in [3.8, 4) is 0 Å². The third-order valence-electron chi connectivity index (χ3n) is 5.15. The Hall–Kier alpha value is -1.16. The van der Waals surface area contributed by atoms with Crippen LogP contribution in [0.5, 0.6) is 0 Å². The molecule has 0 saturated heterocycles. The van der Waals surface area contributed by atoms with Crippen LogP contribution in [0, 0.1) is 30.6 Å². The molecule has 0 aromatic carbocycles. The summed E-state index contributed by atoms with van der Waals surface area (Å²) in [5.74, 6) is 0.219. The Labute approximate surface area is 123 Å². The van der Waals surface area contributed by atoms with Gasteiger partial charge in [0, 0.05) is 11.9 Å². The molecule has 4 nitrogen and oxygen atoms in total. The Morgan fingerprint density at radius 3 is 2.65 bits per heavy atom. The average Bonchev–Trinajstić information content (AvgIpc) is 2.43. The van der Waals surface area contributed by atoms with Crippen molar-refractivity contribution in [1.29, 1.82) is 0 Å². The third kappa shape index (κ3) is 2.41. The average molecular weight is 295 g/mol. The SMILES string of the molecule is Cc1cnc(Cl)nc1CC1C2CCC(CC2)[C@@H]1C(=O)O. The molecular formula is C15H19ClN2O2. The number of carboxylic acids is 1. The standard InChI is InChI=1S/C15H19ClN2O2/c1-8-7-17-15(16)18-12(8)6-11-9-2-4-10(5-3-9)13(11)14(19)20/h7,9-11,13H,2-6H2,1H3,(H,19,20)/t9?,10?,11?,13-/m0/s1. The number of aryl methyl sites for hydroxylation is 1. The second-order valence-electron chi connectivity index (χ2n) is 6.18. The van der Waals surface area contributed by atoms with E-state index in [-0.39, 0.29) is 17.1 Å². The van der Waals surface area contributed by atoms with E-state index in [1.807, 2.05) is 6.92 Å². The topological polar surface area (TPSA) is 63.1 Å². The second kappa shape index (κ2) is 5.32. The zero-order valence-corrected chi connectivity index (χ0v) is 12.3. The summed E-state index contributed by atoms with van der Waals surface area (Å²) in [5.41, 5.74) is 1.91. The first-order valence-corrected chi connectivity index (χ1v) is 7.65. The van der Waals surface area contributed by atoms with Crippen molar-refractivity contribution in [3.63, 3.8) is 0 Å². The number of nitrogens with zero attached hydrogens (tertiary/aromatic N) is 2. The van der Waals surface area contributed by atoms with E-state index < -0.39 is 5.97 Å². The minimum absolute atomic E-state index is 0.199. The lowest BCUT2D eigenvalue weighted by atomic mass is 9.57. The monoisotopic (exact) mass is 294 g/mol. The van der Waals surface area contributed by atoms with Gasteiger partial charge in [-0.25, -0.2) is 9.97 Å². The first-order valence-electron chi connectivity index (χ1n) is 7.27. The second-order valence-corrected chi connectivity index (χ2v) is 6.51. The van der Waals surface area contributed by atoms with Gasteiger partial charge >= 0.3 is 5.97 Å². The van der Waals surface area contributed by atoms with Crippen LogP contribution < -0.4 is 0 Å². The van der Waals surface area contributed by atoms with Crippen LogP contribution in [0.15, 0.2) is 6.20 Å². The fourth-order valence-corrected chi connectivity index (χ4v) is 4.29. The molecule has 3 saturated carbocycles. The number of hydrogen-bond acceptors (Lipinski definition) is 3. The molecule has 0 aliphatic heterocycles. The van der Waals surface area contributed by atoms with Crippen molar-refractivity contribution >= 4 is 17.6 Å². The number of hydrogen-bond donors (Lipinski definition) is 1. The highest BCUT2D eigenvalue weighted by Crippen LogP contribution is 2.50. The summed E-state index contributed by atoms with van der Waals surface area (Å²) in [6.07, 6.45) is 6.91. The molecule has 1 heterocycles. The molecule has 1 unspecified atom stereocenters. The van der Waals surface area contributed by atoms with Crippen molar-refractivity contribution in [3.05, 3.63) is 22.7 Å². The summed E-state index contributed by atoms with van der Waals surface area (Å²) in [6.45, 7) is 1.96. The summed E-state index contributed by atoms with van der Waals surface area (Å²) in [6, 6.07) is 0. The van der Waals surface area contributed by atoms with E-state index in [4.69, 9.17) is 11.6 Å². The van der Waals surface area contributed by atoms with Crippen molar-refractivity contribution < 1.29 is 9.90 Å². The van der Waals surface area contributed by atoms with E-state index in [0.29, 0.717) is 18.3 Å². The molecular weight excluding hydrogens is 276 g/mol. The van der Waals surface area contributed by atoms with Gasteiger partial charge in [-0.2, -0.15) is 0 Å². The van der Waals surface area contributed by atoms with Gasteiger partial charge in [-0.3, -0.25) is 4.79 Å². The van der Waals surface area contributed by atoms with Gasteiger partial charge in [-0.15, -0.1) is 0 Å². The molecule has 0 radical (unpaired) electrons. The first kappa shape index (κ1) is 13.8. The van der Waals surface area contributed by atoms with Crippen LogP contribution in [0.25, 0.3) is 0 Å². The van der Waals surface area contributed by atoms with Gasteiger partial charge in [0.15, 0.2) is 0 Å². The highest BCUT2D eigenvalue weighted by molar-refractivity contribution is 6.28. The van der Waals surface area contributed by atoms with Gasteiger partial charge in [-0.05, 0) is 73.9 Å². The van der Waals surface area contributed by atoms with Crippen LogP contribution in [0.4, 0.5) is 0 Å². The highest BCUT2D eigenvalue weighted by atomic mass is 35.5. The maximum absolute atomic E-state index is 11.6. The van der Waals surface area contributed by atoms with E-state index >= 15 is 0 Å². The fourth-order valence-electron chi connectivity index (χ4n) is 4.14. The number of carboxylic acid groups (broad SMARTS) is 1. The Balaban J connectivity index is 1.87. The van der Waals surface area contributed by atoms with E-state index in [9.17, 15) is 9.90 Å². The Kier molecular flexibility index (Phi) is 3.67. The molecule has 1 aromatic rings. The molecule has 3 aliphatic carbocycles. The number of fused-ring (bicyclic) bond motifs is 3. The van der Waals surface area contributed by atoms with Crippen LogP contribution in [0.2, 0.25) is 5.28 Å². The molecule has 3 fully saturated rings. The lowest BCUT2D eigenvalue weighted by Crippen LogP contribution is -2.45. The van der Waals surface area contributed by atoms with Gasteiger partial charge in [-0.1, -0.05) is 0 Å². The van der Waals surface area contributed by atoms with Crippen molar-refractivity contribution in [2.45, 2.75) is 39.0 Å². The van der Waals surface area contributed by atoms with Gasteiger partial charge < -0.3 is 5.11 Å². The van der Waals surface area contributed by atoms with Gasteiger partial charge in [0.25, 0.3) is 0 Å². The minimum Gasteiger partial charge on any atom is -0.481 e. The van der Waals surface area contributed by atoms with Gasteiger partial charge in [0.1, 0.15) is 0 Å². The number of rotatable bonds is 3. The van der Waals surface area contributed by atoms with E-state index in [2.05, 4.69) is 9.97 Å². The Bertz CT molecular complexity index is 527. The smallest absolute Gasteiger partial charge is 0.307 e. The number of halogens is 1. The van der Waals surface area contributed by atoms with E-state index in [1.165, 1.54) is 0 Å². The lowest BCUT2D eigenvalue weighted by Gasteiger charge is -2.47. The highest BCUT2D eigenvalue weighted by Gasteiger charge is 2.47. The zero-order chi connectivity index (χ0) is 14.3. The van der Waals surface area contributed by atoms with E-state index in [0.717, 1.165) is 36.9 Å². The maximum Gasteiger partial charge on any atom is 0.307 e. The van der Waals surface area contributed by atoms with Crippen molar-refractivity contribution in [2.24, 2.45) is 23.7 Å². The summed E-state index contributed by atoms with van der Waals surface area (Å²) >= 11 is 5.87. The normalized spacial score (nSPS) is 32.3. The predicted octanol–water partition coefficient (Wildman–Crippen LogP) is 3.12. The quantitative estimate of drug-likeness (QED) is 0.870. The number of aromatic nitrogens is 2. The minimum atomic E-state index is -0.637. The molecule has 20 heavy (non-hydrogen) atoms. The zero-order valence-electron chi connectivity index (χ0n) is 11.6. The molecule has 1 aromatic heterocycles. The Morgan fingerprint density at radius 2 is 2.00 bits per heavy atom. The molecule has 108 valence electrons. The van der Waals surface area contributed by atoms with Crippen LogP contribution in [0.1, 0.15) is 36.9 Å². The van der Waals surface area contributed by atoms with Gasteiger partial charge in [0.05, 0.1) is 5.92 Å². The van der Waals surface area contributed by atoms with Crippen LogP contribution >= 0.6 is 11.6 Å². The van der Waals surface area contributed by atoms with Crippen molar-refractivity contribution in [1.82, 2.24) is 9.97 Å². The first-order chi connectivity index (χ1) is 9.56. The molecule has 3 aliphatic rings. The molecule has 0 amide bonds. The van der Waals surface area contributed by atoms with Crippen LogP contribution in [-0.2, 0) is 11.2 Å². The molecule has 2 atom stereocenters. The maximum atomic E-state index is 11.6. The Morgan fingerprint density at radius 1 is 1.35 bits per heavy atom. The van der Waals surface area contributed by atoms with Gasteiger partial charge in [0.2, 0.25) is 5.28 Å². The summed E-state index contributed by atoms with van der Waals surface area (Å²) < 4.78 is 0. The molecule has 2 bridgehead atoms. The summed E-state index contributed by atoms with van der Waals surface area (Å²) in [7, 11) is 0. The molecule has 5 heteroatoms. The summed E-state index contributed by atoms with van der Waals surface area (Å²) in [5, 5.41) is 9.82. The number of aliphatic carboxylic acids is 1. The van der Waals surface area contributed by atoms with E-state index in [1.54, 1.807) is 6.20 Å². The third-order valence-corrected chi connectivity index (χ3v) is 5.33. The predicted molar refractivity (Wildman–Crippen MR) is 75.5 cm³/mol. The fraction of sp³-hybridized carbons (Fsp3) is 0.667. The number of carbonyl (C=O) groups is 1. The molecule has 4 rings (SSSR count). The molecule has 1 N–H and O–H groups in total. The van der Waals surface area contributed by atoms with Crippen LogP contribution in [-0.4, -0.2) is 21.0 Å². The largest absolute Gasteiger partial charge is 0.481 e. The van der Waals surface area contributed by atoms with Crippen molar-refractivity contribution in [2.75, 3.05) is 0 Å².